The summed E-state index contributed by atoms with van der Waals surface area (Å²) >= 11 is 0. The molecule has 1 aromatic heterocycles. The molecular formula is C11H8N4O2. The quantitative estimate of drug-likeness (QED) is 0.641. The van der Waals surface area contributed by atoms with E-state index in [0.717, 1.165) is 0 Å². The smallest absolute Gasteiger partial charge is 0.269 e. The van der Waals surface area contributed by atoms with E-state index in [-0.39, 0.29) is 5.69 Å². The van der Waals surface area contributed by atoms with Gasteiger partial charge in [0.2, 0.25) is 0 Å². The third-order valence-corrected chi connectivity index (χ3v) is 2.40. The molecule has 2 rings (SSSR count). The van der Waals surface area contributed by atoms with E-state index in [1.165, 1.54) is 18.5 Å². The lowest BCUT2D eigenvalue weighted by Gasteiger charge is -2.06. The number of hydrogen-bond acceptors (Lipinski definition) is 4. The van der Waals surface area contributed by atoms with Gasteiger partial charge in [0.15, 0.2) is 0 Å². The number of nitro groups is 1. The molecule has 6 heteroatoms. The highest BCUT2D eigenvalue weighted by molar-refractivity contribution is 5.39. The summed E-state index contributed by atoms with van der Waals surface area (Å²) in [5.41, 5.74) is 1.37. The minimum absolute atomic E-state index is 0.00931. The lowest BCUT2D eigenvalue weighted by atomic mass is 9.98. The first kappa shape index (κ1) is 10.8. The third kappa shape index (κ3) is 2.13. The summed E-state index contributed by atoms with van der Waals surface area (Å²) in [6.45, 7) is 0. The maximum Gasteiger partial charge on any atom is 0.269 e. The van der Waals surface area contributed by atoms with Gasteiger partial charge in [-0.15, -0.1) is 0 Å². The summed E-state index contributed by atoms with van der Waals surface area (Å²) in [7, 11) is 0. The van der Waals surface area contributed by atoms with E-state index in [9.17, 15) is 10.1 Å². The molecule has 0 bridgehead atoms. The average Bonchev–Trinajstić information content (AvgIpc) is 2.84. The van der Waals surface area contributed by atoms with Gasteiger partial charge in [0, 0.05) is 18.3 Å². The van der Waals surface area contributed by atoms with Crippen LogP contribution in [0.5, 0.6) is 0 Å². The second-order valence-electron chi connectivity index (χ2n) is 3.42. The number of nitro benzene ring substituents is 1. The second-order valence-corrected chi connectivity index (χ2v) is 3.42. The van der Waals surface area contributed by atoms with E-state index in [1.807, 2.05) is 0 Å². The first-order valence-corrected chi connectivity index (χ1v) is 4.84. The van der Waals surface area contributed by atoms with Crippen LogP contribution in [0.2, 0.25) is 0 Å². The zero-order valence-corrected chi connectivity index (χ0v) is 8.70. The highest BCUT2D eigenvalue weighted by atomic mass is 16.6. The van der Waals surface area contributed by atoms with Gasteiger partial charge in [-0.25, -0.2) is 4.98 Å². The van der Waals surface area contributed by atoms with Crippen LogP contribution in [0.1, 0.15) is 17.2 Å². The number of benzene rings is 1. The Morgan fingerprint density at radius 1 is 1.41 bits per heavy atom. The number of rotatable bonds is 3. The van der Waals surface area contributed by atoms with E-state index < -0.39 is 10.8 Å². The molecule has 0 saturated heterocycles. The predicted octanol–water partition coefficient (Wildman–Crippen LogP) is 1.97. The fourth-order valence-corrected chi connectivity index (χ4v) is 1.54. The van der Waals surface area contributed by atoms with Gasteiger partial charge < -0.3 is 4.98 Å². The molecular weight excluding hydrogens is 220 g/mol. The Morgan fingerprint density at radius 2 is 2.12 bits per heavy atom. The van der Waals surface area contributed by atoms with Crippen LogP contribution in [0.25, 0.3) is 0 Å². The average molecular weight is 228 g/mol. The first-order chi connectivity index (χ1) is 8.22. The molecule has 0 amide bonds. The third-order valence-electron chi connectivity index (χ3n) is 2.40. The molecule has 6 nitrogen and oxygen atoms in total. The fourth-order valence-electron chi connectivity index (χ4n) is 1.54. The lowest BCUT2D eigenvalue weighted by Crippen LogP contribution is -1.98. The summed E-state index contributed by atoms with van der Waals surface area (Å²) in [6, 6.07) is 8.05. The van der Waals surface area contributed by atoms with Crippen molar-refractivity contribution in [1.82, 2.24) is 9.97 Å². The minimum Gasteiger partial charge on any atom is -0.347 e. The molecule has 1 N–H and O–H groups in total. The highest BCUT2D eigenvalue weighted by Crippen LogP contribution is 2.23. The molecule has 0 saturated carbocycles. The fraction of sp³-hybridized carbons (Fsp3) is 0.0909. The van der Waals surface area contributed by atoms with Crippen LogP contribution in [-0.2, 0) is 0 Å². The maximum atomic E-state index is 10.5. The van der Waals surface area contributed by atoms with Crippen molar-refractivity contribution in [3.63, 3.8) is 0 Å². The van der Waals surface area contributed by atoms with Crippen molar-refractivity contribution in [2.75, 3.05) is 0 Å². The molecule has 1 heterocycles. The molecule has 1 atom stereocenters. The van der Waals surface area contributed by atoms with Crippen LogP contribution in [-0.4, -0.2) is 14.9 Å². The van der Waals surface area contributed by atoms with Gasteiger partial charge in [0.1, 0.15) is 5.92 Å². The SMILES string of the molecule is N#CC(c1ccc([N+](=O)[O-])cc1)c1cnc[nH]1. The summed E-state index contributed by atoms with van der Waals surface area (Å²) in [4.78, 5) is 16.7. The van der Waals surface area contributed by atoms with Crippen LogP contribution in [0.4, 0.5) is 5.69 Å². The van der Waals surface area contributed by atoms with Crippen molar-refractivity contribution in [3.8, 4) is 6.07 Å². The van der Waals surface area contributed by atoms with E-state index in [1.54, 1.807) is 18.3 Å². The van der Waals surface area contributed by atoms with Crippen LogP contribution in [0.3, 0.4) is 0 Å². The molecule has 0 aliphatic heterocycles. The molecule has 0 radical (unpaired) electrons. The Balaban J connectivity index is 2.33. The number of nitrogens with zero attached hydrogens (tertiary/aromatic N) is 3. The number of imidazole rings is 1. The molecule has 0 aliphatic rings. The normalized spacial score (nSPS) is 11.7. The van der Waals surface area contributed by atoms with Gasteiger partial charge in [-0.2, -0.15) is 5.26 Å². The number of H-pyrrole nitrogens is 1. The van der Waals surface area contributed by atoms with E-state index in [4.69, 9.17) is 5.26 Å². The van der Waals surface area contributed by atoms with Gasteiger partial charge in [-0.05, 0) is 5.56 Å². The first-order valence-electron chi connectivity index (χ1n) is 4.84. The van der Waals surface area contributed by atoms with Gasteiger partial charge in [0.05, 0.1) is 23.0 Å². The molecule has 2 aromatic rings. The minimum atomic E-state index is -0.488. The summed E-state index contributed by atoms with van der Waals surface area (Å²) in [5, 5.41) is 19.6. The Morgan fingerprint density at radius 3 is 2.59 bits per heavy atom. The molecule has 84 valence electrons. The van der Waals surface area contributed by atoms with Crippen LogP contribution in [0, 0.1) is 21.4 Å². The number of nitriles is 1. The van der Waals surface area contributed by atoms with Gasteiger partial charge in [-0.3, -0.25) is 10.1 Å². The Hall–Kier alpha value is -2.68. The zero-order valence-electron chi connectivity index (χ0n) is 8.70. The van der Waals surface area contributed by atoms with Crippen molar-refractivity contribution in [1.29, 1.82) is 5.26 Å². The number of aromatic nitrogens is 2. The molecule has 1 aromatic carbocycles. The van der Waals surface area contributed by atoms with Crippen LogP contribution >= 0.6 is 0 Å². The number of aromatic amines is 1. The number of non-ortho nitro benzene ring substituents is 1. The van der Waals surface area contributed by atoms with Crippen molar-refractivity contribution in [2.24, 2.45) is 0 Å². The molecule has 0 spiro atoms. The summed E-state index contributed by atoms with van der Waals surface area (Å²) < 4.78 is 0. The van der Waals surface area contributed by atoms with Gasteiger partial charge >= 0.3 is 0 Å². The maximum absolute atomic E-state index is 10.5. The molecule has 0 aliphatic carbocycles. The number of hydrogen-bond donors (Lipinski definition) is 1. The standard InChI is InChI=1S/C11H8N4O2/c12-5-10(11-6-13-7-14-11)8-1-3-9(4-2-8)15(16)17/h1-4,6-7,10H,(H,13,14). The van der Waals surface area contributed by atoms with Gasteiger partial charge in [-0.1, -0.05) is 12.1 Å². The van der Waals surface area contributed by atoms with Crippen molar-refractivity contribution in [3.05, 3.63) is 58.2 Å². The molecule has 1 unspecified atom stereocenters. The molecule has 17 heavy (non-hydrogen) atoms. The van der Waals surface area contributed by atoms with Crippen molar-refractivity contribution >= 4 is 5.69 Å². The monoisotopic (exact) mass is 228 g/mol. The summed E-state index contributed by atoms with van der Waals surface area (Å²) in [5.74, 6) is -0.488. The topological polar surface area (TPSA) is 95.6 Å². The Labute approximate surface area is 96.7 Å². The van der Waals surface area contributed by atoms with E-state index in [0.29, 0.717) is 11.3 Å². The Bertz CT molecular complexity index is 554. The largest absolute Gasteiger partial charge is 0.347 e. The highest BCUT2D eigenvalue weighted by Gasteiger charge is 2.15. The molecule has 0 fully saturated rings. The van der Waals surface area contributed by atoms with Crippen molar-refractivity contribution < 1.29 is 4.92 Å². The van der Waals surface area contributed by atoms with Crippen LogP contribution < -0.4 is 0 Å². The predicted molar refractivity (Wildman–Crippen MR) is 59.1 cm³/mol. The van der Waals surface area contributed by atoms with Gasteiger partial charge in [0.25, 0.3) is 5.69 Å². The van der Waals surface area contributed by atoms with E-state index >= 15 is 0 Å². The summed E-state index contributed by atoms with van der Waals surface area (Å²) in [6.07, 6.45) is 3.06. The zero-order chi connectivity index (χ0) is 12.3. The van der Waals surface area contributed by atoms with Crippen LogP contribution in [0.15, 0.2) is 36.8 Å². The van der Waals surface area contributed by atoms with Crippen molar-refractivity contribution in [2.45, 2.75) is 5.92 Å². The second kappa shape index (κ2) is 4.45. The number of nitrogens with one attached hydrogen (secondary N) is 1. The Kier molecular flexibility index (Phi) is 2.83. The van der Waals surface area contributed by atoms with E-state index in [2.05, 4.69) is 16.0 Å². The lowest BCUT2D eigenvalue weighted by molar-refractivity contribution is -0.384.